The van der Waals surface area contributed by atoms with Crippen LogP contribution in [0.25, 0.3) is 0 Å². The normalized spacial score (nSPS) is 18.9. The topological polar surface area (TPSA) is 83.6 Å². The Bertz CT molecular complexity index is 754. The molecular weight excluding hydrogens is 458 g/mol. The lowest BCUT2D eigenvalue weighted by Crippen LogP contribution is -2.42. The molecule has 1 saturated carbocycles. The molecule has 1 aliphatic carbocycles. The Morgan fingerprint density at radius 2 is 1.62 bits per heavy atom. The highest BCUT2D eigenvalue weighted by molar-refractivity contribution is 5.71. The summed E-state index contributed by atoms with van der Waals surface area (Å²) in [5, 5.41) is 20.9. The van der Waals surface area contributed by atoms with Crippen molar-refractivity contribution in [3.63, 3.8) is 0 Å². The molecule has 37 heavy (non-hydrogen) atoms. The predicted molar refractivity (Wildman–Crippen MR) is 156 cm³/mol. The smallest absolute Gasteiger partial charge is 0.309 e. The van der Waals surface area contributed by atoms with Crippen molar-refractivity contribution in [3.8, 4) is 0 Å². The fraction of sp³-hybridized carbons (Fsp3) is 0.727. The third kappa shape index (κ3) is 10.6. The van der Waals surface area contributed by atoms with Crippen molar-refractivity contribution in [1.29, 1.82) is 0 Å². The van der Waals surface area contributed by atoms with Crippen LogP contribution in [0, 0.1) is 17.8 Å². The Morgan fingerprint density at radius 1 is 0.973 bits per heavy atom. The Balaban J connectivity index is 2.15. The minimum Gasteiger partial charge on any atom is -0.481 e. The number of aliphatic hydroxyl groups excluding tert-OH is 1. The molecule has 0 aromatic heterocycles. The summed E-state index contributed by atoms with van der Waals surface area (Å²) in [6.07, 6.45) is 21.9. The fourth-order valence-corrected chi connectivity index (χ4v) is 6.80. The van der Waals surface area contributed by atoms with E-state index in [4.69, 9.17) is 5.73 Å². The molecule has 0 radical (unpaired) electrons. The Kier molecular flexibility index (Phi) is 15.2. The highest BCUT2D eigenvalue weighted by Crippen LogP contribution is 2.48. The summed E-state index contributed by atoms with van der Waals surface area (Å²) >= 11 is 0. The number of allylic oxidation sites excluding steroid dienone is 2. The molecule has 1 aliphatic rings. The molecule has 0 amide bonds. The molecule has 0 spiro atoms. The second-order valence-electron chi connectivity index (χ2n) is 11.6. The van der Waals surface area contributed by atoms with Crippen LogP contribution in [0.2, 0.25) is 0 Å². The summed E-state index contributed by atoms with van der Waals surface area (Å²) in [6, 6.07) is 10.7. The number of carbonyl (C=O) groups is 1. The number of aliphatic hydroxyl groups is 1. The largest absolute Gasteiger partial charge is 0.481 e. The molecule has 0 aliphatic heterocycles. The summed E-state index contributed by atoms with van der Waals surface area (Å²) in [4.78, 5) is 12.5. The number of rotatable bonds is 19. The molecule has 4 N–H and O–H groups in total. The van der Waals surface area contributed by atoms with Crippen molar-refractivity contribution in [3.05, 3.63) is 48.0 Å². The maximum atomic E-state index is 12.5. The molecule has 0 heterocycles. The van der Waals surface area contributed by atoms with Crippen LogP contribution in [-0.4, -0.2) is 28.8 Å². The third-order valence-electron chi connectivity index (χ3n) is 8.82. The third-order valence-corrected chi connectivity index (χ3v) is 8.82. The van der Waals surface area contributed by atoms with E-state index >= 15 is 0 Å². The lowest BCUT2D eigenvalue weighted by molar-refractivity contribution is -0.150. The average molecular weight is 514 g/mol. The van der Waals surface area contributed by atoms with Crippen molar-refractivity contribution in [2.45, 2.75) is 128 Å². The van der Waals surface area contributed by atoms with Gasteiger partial charge in [0.2, 0.25) is 0 Å². The van der Waals surface area contributed by atoms with Crippen molar-refractivity contribution in [1.82, 2.24) is 0 Å². The van der Waals surface area contributed by atoms with Gasteiger partial charge in [0.25, 0.3) is 0 Å². The number of nitrogens with two attached hydrogens (primary N) is 1. The molecule has 1 fully saturated rings. The Labute approximate surface area is 227 Å². The van der Waals surface area contributed by atoms with E-state index < -0.39 is 18.0 Å². The van der Waals surface area contributed by atoms with Gasteiger partial charge >= 0.3 is 5.97 Å². The van der Waals surface area contributed by atoms with Crippen molar-refractivity contribution in [2.24, 2.45) is 23.5 Å². The summed E-state index contributed by atoms with van der Waals surface area (Å²) in [7, 11) is 0. The van der Waals surface area contributed by atoms with Crippen LogP contribution in [0.3, 0.4) is 0 Å². The van der Waals surface area contributed by atoms with E-state index in [0.29, 0.717) is 6.54 Å². The lowest BCUT2D eigenvalue weighted by Gasteiger charge is -2.44. The molecule has 0 bridgehead atoms. The first-order chi connectivity index (χ1) is 17.9. The van der Waals surface area contributed by atoms with Gasteiger partial charge in [-0.3, -0.25) is 4.79 Å². The van der Waals surface area contributed by atoms with Gasteiger partial charge in [-0.1, -0.05) is 101 Å². The standard InChI is InChI=1S/C33H55NO3/c1-3-4-5-6-7-8-9-10-11-14-19-28(22-25-34)30(31(27(2)35)32(36)37)26-33(23-17-13-18-24-33)29-20-15-12-16-21-29/h8-9,12,15-16,20-21,27-28,30-31,35H,3-7,10-11,13-14,17-19,22-26,34H2,1-2H3,(H,36,37). The molecule has 1 aromatic rings. The summed E-state index contributed by atoms with van der Waals surface area (Å²) in [6.45, 7) is 4.46. The van der Waals surface area contributed by atoms with Gasteiger partial charge in [0.15, 0.2) is 0 Å². The zero-order valence-electron chi connectivity index (χ0n) is 23.8. The highest BCUT2D eigenvalue weighted by Gasteiger charge is 2.44. The second kappa shape index (κ2) is 17.8. The molecule has 0 saturated heterocycles. The SMILES string of the molecule is CCCCCCC=CCCCCC(CCN)C(CC1(c2ccccc2)CCCCC1)C(C(=O)O)C(C)O. The van der Waals surface area contributed by atoms with Crippen molar-refractivity contribution in [2.75, 3.05) is 6.54 Å². The van der Waals surface area contributed by atoms with Crippen molar-refractivity contribution < 1.29 is 15.0 Å². The maximum absolute atomic E-state index is 12.5. The number of hydrogen-bond donors (Lipinski definition) is 3. The lowest BCUT2D eigenvalue weighted by atomic mass is 9.60. The van der Waals surface area contributed by atoms with Crippen LogP contribution in [0.4, 0.5) is 0 Å². The van der Waals surface area contributed by atoms with E-state index in [0.717, 1.165) is 51.4 Å². The fourth-order valence-electron chi connectivity index (χ4n) is 6.80. The van der Waals surface area contributed by atoms with E-state index in [-0.39, 0.29) is 17.3 Å². The number of benzene rings is 1. The number of carboxylic acids is 1. The van der Waals surface area contributed by atoms with E-state index in [1.165, 1.54) is 56.9 Å². The molecule has 4 unspecified atom stereocenters. The molecule has 4 heteroatoms. The van der Waals surface area contributed by atoms with Gasteiger partial charge in [0.1, 0.15) is 0 Å². The molecule has 4 atom stereocenters. The van der Waals surface area contributed by atoms with E-state index in [1.54, 1.807) is 6.92 Å². The molecule has 1 aromatic carbocycles. The quantitative estimate of drug-likeness (QED) is 0.129. The van der Waals surface area contributed by atoms with Crippen LogP contribution in [0.15, 0.2) is 42.5 Å². The minimum atomic E-state index is -0.880. The van der Waals surface area contributed by atoms with Gasteiger partial charge in [-0.15, -0.1) is 0 Å². The first-order valence-electron chi connectivity index (χ1n) is 15.3. The predicted octanol–water partition coefficient (Wildman–Crippen LogP) is 8.03. The van der Waals surface area contributed by atoms with Gasteiger partial charge < -0.3 is 15.9 Å². The van der Waals surface area contributed by atoms with E-state index in [2.05, 4.69) is 49.4 Å². The Morgan fingerprint density at radius 3 is 2.19 bits per heavy atom. The molecule has 2 rings (SSSR count). The van der Waals surface area contributed by atoms with Crippen LogP contribution in [0.1, 0.15) is 122 Å². The zero-order valence-corrected chi connectivity index (χ0v) is 23.8. The average Bonchev–Trinajstić information content (AvgIpc) is 2.89. The zero-order chi connectivity index (χ0) is 26.9. The van der Waals surface area contributed by atoms with Gasteiger partial charge in [-0.2, -0.15) is 0 Å². The Hall–Kier alpha value is -1.65. The highest BCUT2D eigenvalue weighted by atomic mass is 16.4. The molecule has 210 valence electrons. The van der Waals surface area contributed by atoms with Gasteiger partial charge in [0, 0.05) is 0 Å². The van der Waals surface area contributed by atoms with E-state index in [9.17, 15) is 15.0 Å². The van der Waals surface area contributed by atoms with Crippen molar-refractivity contribution >= 4 is 5.97 Å². The van der Waals surface area contributed by atoms with Gasteiger partial charge in [-0.25, -0.2) is 0 Å². The van der Waals surface area contributed by atoms with E-state index in [1.807, 2.05) is 0 Å². The minimum absolute atomic E-state index is 0.0138. The number of aliphatic carboxylic acids is 1. The van der Waals surface area contributed by atoms with Crippen LogP contribution < -0.4 is 5.73 Å². The van der Waals surface area contributed by atoms with Gasteiger partial charge in [-0.05, 0) is 87.6 Å². The molecular formula is C33H55NO3. The summed E-state index contributed by atoms with van der Waals surface area (Å²) < 4.78 is 0. The van der Waals surface area contributed by atoms with Crippen LogP contribution >= 0.6 is 0 Å². The maximum Gasteiger partial charge on any atom is 0.309 e. The summed E-state index contributed by atoms with van der Waals surface area (Å²) in [5.41, 5.74) is 7.42. The summed E-state index contributed by atoms with van der Waals surface area (Å²) in [5.74, 6) is -1.51. The van der Waals surface area contributed by atoms with Crippen LogP contribution in [-0.2, 0) is 10.2 Å². The number of unbranched alkanes of at least 4 members (excludes halogenated alkanes) is 6. The van der Waals surface area contributed by atoms with Crippen LogP contribution in [0.5, 0.6) is 0 Å². The monoisotopic (exact) mass is 513 g/mol. The number of hydrogen-bond acceptors (Lipinski definition) is 3. The first kappa shape index (κ1) is 31.6. The first-order valence-corrected chi connectivity index (χ1v) is 15.3. The van der Waals surface area contributed by atoms with Gasteiger partial charge in [0.05, 0.1) is 12.0 Å². The second-order valence-corrected chi connectivity index (χ2v) is 11.6. The molecule has 4 nitrogen and oxygen atoms in total. The number of carboxylic acid groups (broad SMARTS) is 1.